The number of nitrogens with one attached hydrogen (secondary N) is 1. The lowest BCUT2D eigenvalue weighted by Crippen LogP contribution is -2.41. The molecule has 1 amide bonds. The maximum absolute atomic E-state index is 14.0. The number of amides is 1. The molecule has 178 valence electrons. The molecule has 0 spiro atoms. The Morgan fingerprint density at radius 1 is 1.15 bits per heavy atom. The molecule has 1 N–H and O–H groups in total. The lowest BCUT2D eigenvalue weighted by Gasteiger charge is -2.30. The van der Waals surface area contributed by atoms with Crippen molar-refractivity contribution in [2.45, 2.75) is 17.7 Å². The maximum Gasteiger partial charge on any atom is 0.322 e. The molecule has 0 atom stereocenters. The second kappa shape index (κ2) is 9.23. The van der Waals surface area contributed by atoms with Gasteiger partial charge in [0.15, 0.2) is 0 Å². The van der Waals surface area contributed by atoms with Gasteiger partial charge in [-0.25, -0.2) is 17.2 Å². The van der Waals surface area contributed by atoms with E-state index in [-0.39, 0.29) is 43.5 Å². The first-order valence-electron chi connectivity index (χ1n) is 9.99. The molecule has 1 aromatic heterocycles. The van der Waals surface area contributed by atoms with Gasteiger partial charge in [0.05, 0.1) is 4.92 Å². The number of nitro benzene ring substituents is 1. The lowest BCUT2D eigenvalue weighted by atomic mass is 9.97. The number of hydrogen-bond donors (Lipinski definition) is 1. The van der Waals surface area contributed by atoms with Crippen LogP contribution in [0, 0.1) is 27.7 Å². The van der Waals surface area contributed by atoms with Crippen LogP contribution in [0.25, 0.3) is 11.5 Å². The van der Waals surface area contributed by atoms with Gasteiger partial charge in [0.2, 0.25) is 21.8 Å². The molecule has 2 heterocycles. The van der Waals surface area contributed by atoms with E-state index in [1.807, 2.05) is 0 Å². The number of halogens is 2. The van der Waals surface area contributed by atoms with Crippen LogP contribution in [0.1, 0.15) is 12.8 Å². The zero-order chi connectivity index (χ0) is 24.5. The van der Waals surface area contributed by atoms with Crippen molar-refractivity contribution in [1.29, 1.82) is 0 Å². The predicted molar refractivity (Wildman–Crippen MR) is 113 cm³/mol. The first-order valence-corrected chi connectivity index (χ1v) is 11.4. The first-order chi connectivity index (χ1) is 16.1. The topological polar surface area (TPSA) is 149 Å². The van der Waals surface area contributed by atoms with Crippen LogP contribution in [0.15, 0.2) is 51.8 Å². The van der Waals surface area contributed by atoms with E-state index in [1.54, 1.807) is 0 Å². The fourth-order valence-electron chi connectivity index (χ4n) is 3.53. The number of sulfonamides is 1. The highest BCUT2D eigenvalue weighted by atomic mass is 32.2. The highest BCUT2D eigenvalue weighted by molar-refractivity contribution is 7.89. The Labute approximate surface area is 191 Å². The fraction of sp³-hybridized carbons (Fsp3) is 0.250. The van der Waals surface area contributed by atoms with E-state index in [9.17, 15) is 32.1 Å². The highest BCUT2D eigenvalue weighted by Gasteiger charge is 2.34. The van der Waals surface area contributed by atoms with Gasteiger partial charge in [-0.1, -0.05) is 11.2 Å². The second-order valence-electron chi connectivity index (χ2n) is 7.46. The standard InChI is InChI=1S/C20H17F2N5O6S/c21-14-4-5-17(16(22)11-14)34(31,32)26-8-6-12(7-9-26)18(28)23-20-25-24-19(33-20)13-2-1-3-15(10-13)27(29)30/h1-5,10-12H,6-9H2,(H,23,25,28). The smallest absolute Gasteiger partial charge is 0.322 e. The van der Waals surface area contributed by atoms with Crippen molar-refractivity contribution in [3.8, 4) is 11.5 Å². The summed E-state index contributed by atoms with van der Waals surface area (Å²) < 4.78 is 58.8. The van der Waals surface area contributed by atoms with Crippen molar-refractivity contribution >= 4 is 27.6 Å². The summed E-state index contributed by atoms with van der Waals surface area (Å²) in [6.45, 7) is -0.0833. The van der Waals surface area contributed by atoms with E-state index in [0.717, 1.165) is 16.4 Å². The minimum Gasteiger partial charge on any atom is -0.403 e. The van der Waals surface area contributed by atoms with E-state index in [2.05, 4.69) is 15.5 Å². The third-order valence-corrected chi connectivity index (χ3v) is 7.23. The van der Waals surface area contributed by atoms with E-state index in [4.69, 9.17) is 4.42 Å². The average molecular weight is 493 g/mol. The second-order valence-corrected chi connectivity index (χ2v) is 9.37. The molecule has 34 heavy (non-hydrogen) atoms. The molecule has 1 fully saturated rings. The van der Waals surface area contributed by atoms with Crippen LogP contribution in [0.2, 0.25) is 0 Å². The van der Waals surface area contributed by atoms with Gasteiger partial charge in [-0.15, -0.1) is 5.10 Å². The van der Waals surface area contributed by atoms with Crippen LogP contribution in [-0.4, -0.2) is 46.8 Å². The molecular formula is C20H17F2N5O6S. The zero-order valence-electron chi connectivity index (χ0n) is 17.3. The molecule has 4 rings (SSSR count). The summed E-state index contributed by atoms with van der Waals surface area (Å²) in [7, 11) is -4.18. The number of rotatable bonds is 6. The molecule has 2 aromatic carbocycles. The Balaban J connectivity index is 1.38. The van der Waals surface area contributed by atoms with Gasteiger partial charge in [0, 0.05) is 42.8 Å². The number of carbonyl (C=O) groups is 1. The number of non-ortho nitro benzene ring substituents is 1. The van der Waals surface area contributed by atoms with Gasteiger partial charge in [0.25, 0.3) is 5.69 Å². The predicted octanol–water partition coefficient (Wildman–Crippen LogP) is 2.96. The highest BCUT2D eigenvalue weighted by Crippen LogP contribution is 2.27. The molecule has 3 aromatic rings. The lowest BCUT2D eigenvalue weighted by molar-refractivity contribution is -0.384. The Morgan fingerprint density at radius 3 is 2.56 bits per heavy atom. The van der Waals surface area contributed by atoms with E-state index in [1.165, 1.54) is 24.3 Å². The molecule has 0 radical (unpaired) electrons. The van der Waals surface area contributed by atoms with Crippen LogP contribution in [0.4, 0.5) is 20.5 Å². The molecule has 0 aliphatic carbocycles. The van der Waals surface area contributed by atoms with Gasteiger partial charge >= 0.3 is 6.01 Å². The number of nitrogens with zero attached hydrogens (tertiary/aromatic N) is 4. The van der Waals surface area contributed by atoms with E-state index in [0.29, 0.717) is 11.6 Å². The number of nitro groups is 1. The van der Waals surface area contributed by atoms with Gasteiger partial charge in [-0.05, 0) is 31.0 Å². The normalized spacial score (nSPS) is 15.2. The summed E-state index contributed by atoms with van der Waals surface area (Å²) in [5, 5.41) is 20.9. The minimum atomic E-state index is -4.18. The molecule has 1 aliphatic rings. The van der Waals surface area contributed by atoms with E-state index >= 15 is 0 Å². The molecule has 1 saturated heterocycles. The fourth-order valence-corrected chi connectivity index (χ4v) is 5.05. The molecular weight excluding hydrogens is 476 g/mol. The third kappa shape index (κ3) is 4.77. The summed E-state index contributed by atoms with van der Waals surface area (Å²) in [5.74, 6) is -3.14. The monoisotopic (exact) mass is 493 g/mol. The van der Waals surface area contributed by atoms with Crippen molar-refractivity contribution < 1.29 is 31.3 Å². The van der Waals surface area contributed by atoms with Gasteiger partial charge < -0.3 is 4.42 Å². The number of hydrogen-bond acceptors (Lipinski definition) is 8. The van der Waals surface area contributed by atoms with E-state index < -0.39 is 43.3 Å². The van der Waals surface area contributed by atoms with Gasteiger partial charge in [-0.2, -0.15) is 4.31 Å². The largest absolute Gasteiger partial charge is 0.403 e. The SMILES string of the molecule is O=C(Nc1nnc(-c2cccc([N+](=O)[O-])c2)o1)C1CCN(S(=O)(=O)c2ccc(F)cc2F)CC1. The van der Waals surface area contributed by atoms with Crippen LogP contribution < -0.4 is 5.32 Å². The number of piperidine rings is 1. The van der Waals surface area contributed by atoms with Crippen LogP contribution in [-0.2, 0) is 14.8 Å². The molecule has 1 aliphatic heterocycles. The molecule has 0 unspecified atom stereocenters. The van der Waals surface area contributed by atoms with Crippen molar-refractivity contribution in [3.05, 3.63) is 64.2 Å². The Hall–Kier alpha value is -3.78. The maximum atomic E-state index is 14.0. The third-order valence-electron chi connectivity index (χ3n) is 5.30. The number of benzene rings is 2. The van der Waals surface area contributed by atoms with Crippen molar-refractivity contribution in [1.82, 2.24) is 14.5 Å². The summed E-state index contributed by atoms with van der Waals surface area (Å²) in [5.41, 5.74) is 0.136. The summed E-state index contributed by atoms with van der Waals surface area (Å²) in [6, 6.07) is 7.56. The number of anilines is 1. The zero-order valence-corrected chi connectivity index (χ0v) is 18.2. The molecule has 0 saturated carbocycles. The van der Waals surface area contributed by atoms with Crippen molar-refractivity contribution in [2.24, 2.45) is 5.92 Å². The number of carbonyl (C=O) groups excluding carboxylic acids is 1. The van der Waals surface area contributed by atoms with Gasteiger partial charge in [-0.3, -0.25) is 20.2 Å². The quantitative estimate of drug-likeness (QED) is 0.407. The summed E-state index contributed by atoms with van der Waals surface area (Å²) in [4.78, 5) is 22.3. The molecule has 0 bridgehead atoms. The van der Waals surface area contributed by atoms with Crippen molar-refractivity contribution in [2.75, 3.05) is 18.4 Å². The van der Waals surface area contributed by atoms with Gasteiger partial charge in [0.1, 0.15) is 16.5 Å². The Morgan fingerprint density at radius 2 is 1.88 bits per heavy atom. The molecule has 14 heteroatoms. The minimum absolute atomic E-state index is 0.0266. The Kier molecular flexibility index (Phi) is 6.34. The van der Waals surface area contributed by atoms with Crippen LogP contribution in [0.3, 0.4) is 0 Å². The van der Waals surface area contributed by atoms with Crippen LogP contribution in [0.5, 0.6) is 0 Å². The van der Waals surface area contributed by atoms with Crippen LogP contribution >= 0.6 is 0 Å². The Bertz CT molecular complexity index is 1350. The molecule has 11 nitrogen and oxygen atoms in total. The number of aromatic nitrogens is 2. The average Bonchev–Trinajstić information content (AvgIpc) is 3.27. The summed E-state index contributed by atoms with van der Waals surface area (Å²) in [6.07, 6.45) is 0.305. The summed E-state index contributed by atoms with van der Waals surface area (Å²) >= 11 is 0. The first kappa shape index (κ1) is 23.4. The van der Waals surface area contributed by atoms with Crippen molar-refractivity contribution in [3.63, 3.8) is 0 Å².